The van der Waals surface area contributed by atoms with Crippen molar-refractivity contribution in [3.8, 4) is 0 Å². The number of hydrogen-bond donors (Lipinski definition) is 0. The molecule has 1 saturated heterocycles. The third kappa shape index (κ3) is 4.23. The molecule has 0 atom stereocenters. The summed E-state index contributed by atoms with van der Waals surface area (Å²) in [4.78, 5) is 15.1. The lowest BCUT2D eigenvalue weighted by molar-refractivity contribution is -0.123. The number of anilines is 1. The van der Waals surface area contributed by atoms with E-state index in [0.29, 0.717) is 25.9 Å². The molecule has 0 aliphatic carbocycles. The molecule has 29 heavy (non-hydrogen) atoms. The zero-order valence-corrected chi connectivity index (χ0v) is 17.7. The standard InChI is InChI=1S/C23H28N2O3S/c1-18-7-2-3-9-21(18)17-29(27,28)24-15-12-20(13-16-24)23(26)25-14-6-10-19-8-4-5-11-22(19)25/h2-5,7-9,11,20H,6,10,12-17H2,1H3. The monoisotopic (exact) mass is 412 g/mol. The normalized spacial score (nSPS) is 18.4. The number of para-hydroxylation sites is 1. The summed E-state index contributed by atoms with van der Waals surface area (Å²) in [5.74, 6) is 0.0665. The Hall–Kier alpha value is -2.18. The number of amides is 1. The van der Waals surface area contributed by atoms with Crippen molar-refractivity contribution < 1.29 is 13.2 Å². The summed E-state index contributed by atoms with van der Waals surface area (Å²) in [5, 5.41) is 0. The van der Waals surface area contributed by atoms with Gasteiger partial charge in [-0.3, -0.25) is 4.79 Å². The number of benzene rings is 2. The van der Waals surface area contributed by atoms with Gasteiger partial charge in [0.25, 0.3) is 0 Å². The number of rotatable bonds is 4. The van der Waals surface area contributed by atoms with Gasteiger partial charge >= 0.3 is 0 Å². The highest BCUT2D eigenvalue weighted by molar-refractivity contribution is 7.88. The topological polar surface area (TPSA) is 57.7 Å². The van der Waals surface area contributed by atoms with Crippen LogP contribution in [0.25, 0.3) is 0 Å². The molecule has 5 nitrogen and oxygen atoms in total. The van der Waals surface area contributed by atoms with Gasteiger partial charge in [-0.05, 0) is 55.4 Å². The van der Waals surface area contributed by atoms with Crippen LogP contribution in [0.3, 0.4) is 0 Å². The maximum absolute atomic E-state index is 13.2. The van der Waals surface area contributed by atoms with Crippen molar-refractivity contribution in [3.05, 3.63) is 65.2 Å². The summed E-state index contributed by atoms with van der Waals surface area (Å²) in [6.45, 7) is 3.52. The second kappa shape index (κ2) is 8.28. The fraction of sp³-hybridized carbons (Fsp3) is 0.435. The molecule has 2 heterocycles. The van der Waals surface area contributed by atoms with E-state index in [9.17, 15) is 13.2 Å². The molecule has 0 bridgehead atoms. The lowest BCUT2D eigenvalue weighted by Gasteiger charge is -2.36. The molecule has 0 aromatic heterocycles. The Balaban J connectivity index is 1.41. The predicted molar refractivity (Wildman–Crippen MR) is 115 cm³/mol. The molecular weight excluding hydrogens is 384 g/mol. The predicted octanol–water partition coefficient (Wildman–Crippen LogP) is 3.52. The van der Waals surface area contributed by atoms with E-state index in [4.69, 9.17) is 0 Å². The fourth-order valence-corrected chi connectivity index (χ4v) is 6.09. The minimum atomic E-state index is -3.37. The van der Waals surface area contributed by atoms with Gasteiger partial charge in [0.2, 0.25) is 15.9 Å². The molecular formula is C23H28N2O3S. The van der Waals surface area contributed by atoms with Crippen molar-refractivity contribution in [2.75, 3.05) is 24.5 Å². The Morgan fingerprint density at radius 1 is 1.00 bits per heavy atom. The molecule has 2 aliphatic rings. The third-order valence-electron chi connectivity index (χ3n) is 6.17. The van der Waals surface area contributed by atoms with E-state index in [0.717, 1.165) is 36.2 Å². The van der Waals surface area contributed by atoms with Crippen molar-refractivity contribution in [2.24, 2.45) is 5.92 Å². The molecule has 0 N–H and O–H groups in total. The lowest BCUT2D eigenvalue weighted by atomic mass is 9.94. The zero-order chi connectivity index (χ0) is 20.4. The quantitative estimate of drug-likeness (QED) is 0.772. The number of piperidine rings is 1. The maximum atomic E-state index is 13.2. The van der Waals surface area contributed by atoms with Crippen LogP contribution in [0.5, 0.6) is 0 Å². The van der Waals surface area contributed by atoms with Crippen LogP contribution in [-0.2, 0) is 27.0 Å². The minimum absolute atomic E-state index is 0.0256. The van der Waals surface area contributed by atoms with Crippen LogP contribution < -0.4 is 4.90 Å². The van der Waals surface area contributed by atoms with Crippen molar-refractivity contribution in [1.29, 1.82) is 0 Å². The SMILES string of the molecule is Cc1ccccc1CS(=O)(=O)N1CCC(C(=O)N2CCCc3ccccc32)CC1. The number of hydrogen-bond acceptors (Lipinski definition) is 3. The molecule has 2 aromatic carbocycles. The van der Waals surface area contributed by atoms with Gasteiger partial charge in [-0.25, -0.2) is 12.7 Å². The Labute approximate surface area is 173 Å². The Morgan fingerprint density at radius 3 is 2.45 bits per heavy atom. The summed E-state index contributed by atoms with van der Waals surface area (Å²) in [6, 6.07) is 15.7. The Bertz CT molecular complexity index is 995. The maximum Gasteiger partial charge on any atom is 0.230 e. The summed E-state index contributed by atoms with van der Waals surface area (Å²) >= 11 is 0. The van der Waals surface area contributed by atoms with Crippen LogP contribution in [0.4, 0.5) is 5.69 Å². The largest absolute Gasteiger partial charge is 0.312 e. The van der Waals surface area contributed by atoms with Crippen LogP contribution in [0.15, 0.2) is 48.5 Å². The van der Waals surface area contributed by atoms with E-state index < -0.39 is 10.0 Å². The van der Waals surface area contributed by atoms with Gasteiger partial charge in [0.15, 0.2) is 0 Å². The van der Waals surface area contributed by atoms with Crippen LogP contribution in [0, 0.1) is 12.8 Å². The fourth-order valence-electron chi connectivity index (χ4n) is 4.42. The average molecular weight is 413 g/mol. The van der Waals surface area contributed by atoms with Crippen molar-refractivity contribution >= 4 is 21.6 Å². The summed E-state index contributed by atoms with van der Waals surface area (Å²) < 4.78 is 27.3. The van der Waals surface area contributed by atoms with Crippen LogP contribution >= 0.6 is 0 Å². The molecule has 0 unspecified atom stereocenters. The first kappa shape index (κ1) is 20.1. The molecule has 1 fully saturated rings. The van der Waals surface area contributed by atoms with E-state index in [-0.39, 0.29) is 17.6 Å². The summed E-state index contributed by atoms with van der Waals surface area (Å²) in [6.07, 6.45) is 3.16. The highest BCUT2D eigenvalue weighted by atomic mass is 32.2. The molecule has 2 aliphatic heterocycles. The number of carbonyl (C=O) groups excluding carboxylic acids is 1. The van der Waals surface area contributed by atoms with Gasteiger partial charge in [0.1, 0.15) is 0 Å². The van der Waals surface area contributed by atoms with Gasteiger partial charge in [0, 0.05) is 31.2 Å². The molecule has 4 rings (SSSR count). The molecule has 6 heteroatoms. The highest BCUT2D eigenvalue weighted by Crippen LogP contribution is 2.31. The number of aryl methyl sites for hydroxylation is 2. The molecule has 0 radical (unpaired) electrons. The van der Waals surface area contributed by atoms with Gasteiger partial charge in [-0.2, -0.15) is 0 Å². The first-order chi connectivity index (χ1) is 14.0. The number of sulfonamides is 1. The van der Waals surface area contributed by atoms with Crippen LogP contribution in [-0.4, -0.2) is 38.3 Å². The van der Waals surface area contributed by atoms with Crippen LogP contribution in [0.1, 0.15) is 36.0 Å². The van der Waals surface area contributed by atoms with Gasteiger partial charge in [-0.15, -0.1) is 0 Å². The number of fused-ring (bicyclic) bond motifs is 1. The van der Waals surface area contributed by atoms with E-state index in [1.807, 2.05) is 54.3 Å². The molecule has 154 valence electrons. The molecule has 2 aromatic rings. The second-order valence-electron chi connectivity index (χ2n) is 8.08. The highest BCUT2D eigenvalue weighted by Gasteiger charge is 2.34. The van der Waals surface area contributed by atoms with Crippen molar-refractivity contribution in [3.63, 3.8) is 0 Å². The smallest absolute Gasteiger partial charge is 0.230 e. The van der Waals surface area contributed by atoms with E-state index in [1.165, 1.54) is 5.56 Å². The summed E-state index contributed by atoms with van der Waals surface area (Å²) in [7, 11) is -3.37. The number of carbonyl (C=O) groups is 1. The van der Waals surface area contributed by atoms with Crippen LogP contribution in [0.2, 0.25) is 0 Å². The molecule has 0 saturated carbocycles. The van der Waals surface area contributed by atoms with E-state index in [2.05, 4.69) is 6.07 Å². The second-order valence-corrected chi connectivity index (χ2v) is 10.0. The average Bonchev–Trinajstić information content (AvgIpc) is 2.74. The van der Waals surface area contributed by atoms with Gasteiger partial charge < -0.3 is 4.90 Å². The van der Waals surface area contributed by atoms with Crippen molar-refractivity contribution in [1.82, 2.24) is 4.31 Å². The molecule has 0 spiro atoms. The Morgan fingerprint density at radius 2 is 1.69 bits per heavy atom. The van der Waals surface area contributed by atoms with Crippen molar-refractivity contribution in [2.45, 2.75) is 38.4 Å². The first-order valence-corrected chi connectivity index (χ1v) is 12.0. The van der Waals surface area contributed by atoms with E-state index in [1.54, 1.807) is 4.31 Å². The van der Waals surface area contributed by atoms with Gasteiger partial charge in [-0.1, -0.05) is 42.5 Å². The summed E-state index contributed by atoms with van der Waals surface area (Å²) in [5.41, 5.74) is 4.09. The molecule has 1 amide bonds. The minimum Gasteiger partial charge on any atom is -0.312 e. The number of nitrogens with zero attached hydrogens (tertiary/aromatic N) is 2. The Kier molecular flexibility index (Phi) is 5.74. The lowest BCUT2D eigenvalue weighted by Crippen LogP contribution is -2.46. The van der Waals surface area contributed by atoms with Gasteiger partial charge in [0.05, 0.1) is 5.75 Å². The first-order valence-electron chi connectivity index (χ1n) is 10.4. The van der Waals surface area contributed by atoms with E-state index >= 15 is 0 Å². The third-order valence-corrected chi connectivity index (χ3v) is 8.00. The zero-order valence-electron chi connectivity index (χ0n) is 16.9.